The SMILES string of the molecule is CNC(CCCN)c1cc(C(C)(C)C)ccc1C. The molecule has 1 unspecified atom stereocenters. The molecule has 0 saturated carbocycles. The van der Waals surface area contributed by atoms with Gasteiger partial charge < -0.3 is 11.1 Å². The van der Waals surface area contributed by atoms with Crippen LogP contribution in [0.25, 0.3) is 0 Å². The fraction of sp³-hybridized carbons (Fsp3) is 0.625. The Morgan fingerprint density at radius 1 is 1.28 bits per heavy atom. The first-order chi connectivity index (χ1) is 8.40. The van der Waals surface area contributed by atoms with Crippen molar-refractivity contribution in [1.82, 2.24) is 5.32 Å². The molecule has 3 N–H and O–H groups in total. The van der Waals surface area contributed by atoms with Gasteiger partial charge in [0.1, 0.15) is 0 Å². The predicted molar refractivity (Wildman–Crippen MR) is 80.0 cm³/mol. The molecule has 0 radical (unpaired) electrons. The lowest BCUT2D eigenvalue weighted by Gasteiger charge is -2.24. The van der Waals surface area contributed by atoms with Crippen molar-refractivity contribution < 1.29 is 0 Å². The quantitative estimate of drug-likeness (QED) is 0.839. The molecular formula is C16H28N2. The Bertz CT molecular complexity index is 377. The largest absolute Gasteiger partial charge is 0.330 e. The summed E-state index contributed by atoms with van der Waals surface area (Å²) in [6.45, 7) is 9.73. The van der Waals surface area contributed by atoms with Gasteiger partial charge in [-0.25, -0.2) is 0 Å². The molecule has 1 aromatic carbocycles. The van der Waals surface area contributed by atoms with Gasteiger partial charge in [-0.1, -0.05) is 39.0 Å². The molecule has 0 aromatic heterocycles. The van der Waals surface area contributed by atoms with Crippen molar-refractivity contribution in [3.63, 3.8) is 0 Å². The number of hydrogen-bond acceptors (Lipinski definition) is 2. The van der Waals surface area contributed by atoms with Crippen LogP contribution in [-0.4, -0.2) is 13.6 Å². The number of benzene rings is 1. The van der Waals surface area contributed by atoms with Crippen LogP contribution < -0.4 is 11.1 Å². The highest BCUT2D eigenvalue weighted by molar-refractivity contribution is 5.36. The Labute approximate surface area is 112 Å². The molecule has 0 aliphatic heterocycles. The molecule has 0 bridgehead atoms. The van der Waals surface area contributed by atoms with E-state index in [9.17, 15) is 0 Å². The smallest absolute Gasteiger partial charge is 0.0320 e. The van der Waals surface area contributed by atoms with E-state index >= 15 is 0 Å². The second-order valence-electron chi connectivity index (χ2n) is 6.09. The lowest BCUT2D eigenvalue weighted by molar-refractivity contribution is 0.524. The Morgan fingerprint density at radius 2 is 1.94 bits per heavy atom. The van der Waals surface area contributed by atoms with Gasteiger partial charge in [-0.05, 0) is 55.5 Å². The monoisotopic (exact) mass is 248 g/mol. The van der Waals surface area contributed by atoms with Gasteiger partial charge in [-0.15, -0.1) is 0 Å². The van der Waals surface area contributed by atoms with Crippen LogP contribution in [0.2, 0.25) is 0 Å². The van der Waals surface area contributed by atoms with E-state index in [0.29, 0.717) is 6.04 Å². The summed E-state index contributed by atoms with van der Waals surface area (Å²) in [4.78, 5) is 0. The lowest BCUT2D eigenvalue weighted by Crippen LogP contribution is -2.20. The van der Waals surface area contributed by atoms with Crippen molar-refractivity contribution >= 4 is 0 Å². The van der Waals surface area contributed by atoms with E-state index in [2.05, 4.69) is 51.2 Å². The summed E-state index contributed by atoms with van der Waals surface area (Å²) in [5.41, 5.74) is 10.00. The van der Waals surface area contributed by atoms with Crippen molar-refractivity contribution in [1.29, 1.82) is 0 Å². The number of rotatable bonds is 5. The van der Waals surface area contributed by atoms with Gasteiger partial charge in [-0.2, -0.15) is 0 Å². The third-order valence-corrected chi connectivity index (χ3v) is 3.57. The Balaban J connectivity index is 3.05. The minimum Gasteiger partial charge on any atom is -0.330 e. The van der Waals surface area contributed by atoms with Gasteiger partial charge in [0.15, 0.2) is 0 Å². The highest BCUT2D eigenvalue weighted by Gasteiger charge is 2.17. The second-order valence-corrected chi connectivity index (χ2v) is 6.09. The fourth-order valence-corrected chi connectivity index (χ4v) is 2.26. The highest BCUT2D eigenvalue weighted by Crippen LogP contribution is 2.28. The van der Waals surface area contributed by atoms with Crippen LogP contribution in [0.15, 0.2) is 18.2 Å². The minimum atomic E-state index is 0.203. The van der Waals surface area contributed by atoms with Crippen LogP contribution in [0.4, 0.5) is 0 Å². The van der Waals surface area contributed by atoms with Crippen LogP contribution in [-0.2, 0) is 5.41 Å². The minimum absolute atomic E-state index is 0.203. The van der Waals surface area contributed by atoms with E-state index in [-0.39, 0.29) is 5.41 Å². The first-order valence-electron chi connectivity index (χ1n) is 6.88. The maximum Gasteiger partial charge on any atom is 0.0320 e. The summed E-state index contributed by atoms with van der Waals surface area (Å²) >= 11 is 0. The van der Waals surface area contributed by atoms with E-state index in [0.717, 1.165) is 19.4 Å². The Hall–Kier alpha value is -0.860. The first kappa shape index (κ1) is 15.2. The zero-order chi connectivity index (χ0) is 13.8. The summed E-state index contributed by atoms with van der Waals surface area (Å²) in [5, 5.41) is 3.42. The molecule has 2 heteroatoms. The third-order valence-electron chi connectivity index (χ3n) is 3.57. The zero-order valence-corrected chi connectivity index (χ0v) is 12.5. The molecular weight excluding hydrogens is 220 g/mol. The molecule has 1 atom stereocenters. The standard InChI is InChI=1S/C16H28N2/c1-12-8-9-13(16(2,3)4)11-14(12)15(18-5)7-6-10-17/h8-9,11,15,18H,6-7,10,17H2,1-5H3. The molecule has 0 heterocycles. The number of nitrogens with one attached hydrogen (secondary N) is 1. The first-order valence-corrected chi connectivity index (χ1v) is 6.88. The molecule has 0 amide bonds. The third kappa shape index (κ3) is 3.82. The zero-order valence-electron chi connectivity index (χ0n) is 12.5. The van der Waals surface area contributed by atoms with Crippen molar-refractivity contribution in [3.05, 3.63) is 34.9 Å². The lowest BCUT2D eigenvalue weighted by atomic mass is 9.84. The molecule has 0 saturated heterocycles. The molecule has 0 aliphatic rings. The predicted octanol–water partition coefficient (Wildman–Crippen LogP) is 3.29. The van der Waals surface area contributed by atoms with E-state index in [1.54, 1.807) is 0 Å². The maximum absolute atomic E-state index is 5.62. The van der Waals surface area contributed by atoms with Gasteiger partial charge in [0.2, 0.25) is 0 Å². The normalized spacial score (nSPS) is 13.7. The molecule has 102 valence electrons. The van der Waals surface area contributed by atoms with Crippen molar-refractivity contribution in [2.45, 2.75) is 52.0 Å². The van der Waals surface area contributed by atoms with Crippen LogP contribution in [0.3, 0.4) is 0 Å². The topological polar surface area (TPSA) is 38.0 Å². The number of hydrogen-bond donors (Lipinski definition) is 2. The van der Waals surface area contributed by atoms with Gasteiger partial charge in [0.05, 0.1) is 0 Å². The Morgan fingerprint density at radius 3 is 2.44 bits per heavy atom. The van der Waals surface area contributed by atoms with E-state index in [4.69, 9.17) is 5.73 Å². The summed E-state index contributed by atoms with van der Waals surface area (Å²) in [7, 11) is 2.03. The van der Waals surface area contributed by atoms with Gasteiger partial charge >= 0.3 is 0 Å². The molecule has 1 aromatic rings. The van der Waals surface area contributed by atoms with Crippen LogP contribution in [0.1, 0.15) is 56.3 Å². The summed E-state index contributed by atoms with van der Waals surface area (Å²) < 4.78 is 0. The van der Waals surface area contributed by atoms with E-state index in [1.807, 2.05) is 7.05 Å². The highest BCUT2D eigenvalue weighted by atomic mass is 14.9. The van der Waals surface area contributed by atoms with E-state index < -0.39 is 0 Å². The van der Waals surface area contributed by atoms with Crippen LogP contribution >= 0.6 is 0 Å². The summed E-state index contributed by atoms with van der Waals surface area (Å²) in [6, 6.07) is 7.25. The maximum atomic E-state index is 5.62. The molecule has 18 heavy (non-hydrogen) atoms. The summed E-state index contributed by atoms with van der Waals surface area (Å²) in [5.74, 6) is 0. The van der Waals surface area contributed by atoms with Crippen molar-refractivity contribution in [2.75, 3.05) is 13.6 Å². The fourth-order valence-electron chi connectivity index (χ4n) is 2.26. The molecule has 0 spiro atoms. The Kier molecular flexibility index (Phi) is 5.36. The van der Waals surface area contributed by atoms with Crippen molar-refractivity contribution in [2.24, 2.45) is 5.73 Å². The summed E-state index contributed by atoms with van der Waals surface area (Å²) in [6.07, 6.45) is 2.16. The van der Waals surface area contributed by atoms with Gasteiger partial charge in [-0.3, -0.25) is 0 Å². The van der Waals surface area contributed by atoms with Gasteiger partial charge in [0.25, 0.3) is 0 Å². The molecule has 1 rings (SSSR count). The van der Waals surface area contributed by atoms with Crippen LogP contribution in [0.5, 0.6) is 0 Å². The van der Waals surface area contributed by atoms with Crippen molar-refractivity contribution in [3.8, 4) is 0 Å². The molecule has 2 nitrogen and oxygen atoms in total. The second kappa shape index (κ2) is 6.35. The molecule has 0 fully saturated rings. The average Bonchev–Trinajstić information content (AvgIpc) is 2.30. The number of aryl methyl sites for hydroxylation is 1. The van der Waals surface area contributed by atoms with Gasteiger partial charge in [0, 0.05) is 6.04 Å². The average molecular weight is 248 g/mol. The molecule has 0 aliphatic carbocycles. The van der Waals surface area contributed by atoms with Crippen LogP contribution in [0, 0.1) is 6.92 Å². The van der Waals surface area contributed by atoms with E-state index in [1.165, 1.54) is 16.7 Å². The number of nitrogens with two attached hydrogens (primary N) is 1.